The van der Waals surface area contributed by atoms with E-state index in [9.17, 15) is 0 Å². The highest BCUT2D eigenvalue weighted by Crippen LogP contribution is 2.67. The lowest BCUT2D eigenvalue weighted by atomic mass is 9.38. The van der Waals surface area contributed by atoms with Crippen LogP contribution in [0.1, 0.15) is 86.0 Å². The van der Waals surface area contributed by atoms with Crippen molar-refractivity contribution in [3.05, 3.63) is 0 Å². The van der Waals surface area contributed by atoms with Crippen LogP contribution < -0.4 is 0 Å². The van der Waals surface area contributed by atoms with Gasteiger partial charge in [-0.05, 0) is 66.6 Å². The van der Waals surface area contributed by atoms with Gasteiger partial charge in [-0.3, -0.25) is 0 Å². The van der Waals surface area contributed by atoms with Gasteiger partial charge in [0.15, 0.2) is 0 Å². The van der Waals surface area contributed by atoms with E-state index in [1.165, 1.54) is 51.4 Å². The van der Waals surface area contributed by atoms with Gasteiger partial charge in [0.2, 0.25) is 0 Å². The summed E-state index contributed by atoms with van der Waals surface area (Å²) in [4.78, 5) is 0. The first kappa shape index (κ1) is 17.9. The molecule has 0 bridgehead atoms. The summed E-state index contributed by atoms with van der Waals surface area (Å²) >= 11 is 0. The minimum atomic E-state index is -0.0781. The van der Waals surface area contributed by atoms with Crippen molar-refractivity contribution in [2.75, 3.05) is 0 Å². The normalized spacial score (nSPS) is 50.9. The number of rotatable bonds is 2. The van der Waals surface area contributed by atoms with Crippen LogP contribution in [0.5, 0.6) is 0 Å². The molecular weight excluding hydrogens is 274 g/mol. The highest BCUT2D eigenvalue weighted by atomic mass is 14.6. The van der Waals surface area contributed by atoms with Crippen molar-refractivity contribution in [1.82, 2.24) is 0 Å². The Balaban J connectivity index is 1.90. The van der Waals surface area contributed by atoms with Crippen molar-refractivity contribution in [1.29, 1.82) is 0 Å². The highest BCUT2D eigenvalue weighted by Gasteiger charge is 2.58. The smallest absolute Gasteiger partial charge is 0.0746 e. The lowest BCUT2D eigenvalue weighted by Gasteiger charge is -2.64. The van der Waals surface area contributed by atoms with E-state index >= 15 is 0 Å². The Morgan fingerprint density at radius 2 is 1.74 bits per heavy atom. The summed E-state index contributed by atoms with van der Waals surface area (Å²) < 4.78 is 0. The third-order valence-electron chi connectivity index (χ3n) is 9.01. The lowest BCUT2D eigenvalue weighted by molar-refractivity contribution is -0.121. The third kappa shape index (κ3) is 2.65. The molecule has 0 aliphatic heterocycles. The summed E-state index contributed by atoms with van der Waals surface area (Å²) in [6, 6.07) is 0. The average Bonchev–Trinajstić information content (AvgIpc) is 2.46. The van der Waals surface area contributed by atoms with Crippen LogP contribution >= 0.6 is 0 Å². The molecule has 23 heavy (non-hydrogen) atoms. The maximum atomic E-state index is 6.70. The molecule has 0 nitrogen and oxygen atoms in total. The molecule has 4 radical (unpaired) electrons. The van der Waals surface area contributed by atoms with Gasteiger partial charge in [0, 0.05) is 0 Å². The fraction of sp³-hybridized carbons (Fsp3) is 1.00. The third-order valence-corrected chi connectivity index (χ3v) is 9.01. The van der Waals surface area contributed by atoms with Crippen molar-refractivity contribution >= 4 is 15.7 Å². The molecular formula is C21H36B2. The Morgan fingerprint density at radius 3 is 2.35 bits per heavy atom. The summed E-state index contributed by atoms with van der Waals surface area (Å²) in [6.45, 7) is 12.0. The second kappa shape index (κ2) is 5.84. The first-order chi connectivity index (χ1) is 10.6. The minimum absolute atomic E-state index is 0.0781. The zero-order valence-corrected chi connectivity index (χ0v) is 16.2. The second-order valence-electron chi connectivity index (χ2n) is 10.3. The van der Waals surface area contributed by atoms with Crippen LogP contribution in [0.3, 0.4) is 0 Å². The Kier molecular flexibility index (Phi) is 4.55. The minimum Gasteiger partial charge on any atom is -0.0771 e. The average molecular weight is 310 g/mol. The predicted molar refractivity (Wildman–Crippen MR) is 102 cm³/mol. The Bertz CT molecular complexity index is 440. The summed E-state index contributed by atoms with van der Waals surface area (Å²) in [5.74, 6) is 3.92. The zero-order valence-electron chi connectivity index (χ0n) is 16.2. The van der Waals surface area contributed by atoms with E-state index in [0.29, 0.717) is 11.2 Å². The van der Waals surface area contributed by atoms with E-state index in [2.05, 4.69) is 34.6 Å². The SMILES string of the molecule is [B]C1CCC2(C)C(CCC3C2CCC(C)(C([B])(C)C)C3CC)C1. The summed E-state index contributed by atoms with van der Waals surface area (Å²) in [5, 5.41) is -0.0781. The van der Waals surface area contributed by atoms with Crippen LogP contribution in [-0.4, -0.2) is 15.7 Å². The molecule has 3 aliphatic carbocycles. The largest absolute Gasteiger partial charge is 0.0771 e. The second-order valence-corrected chi connectivity index (χ2v) is 10.3. The van der Waals surface area contributed by atoms with Gasteiger partial charge in [-0.1, -0.05) is 65.0 Å². The zero-order chi connectivity index (χ0) is 17.0. The van der Waals surface area contributed by atoms with E-state index < -0.39 is 0 Å². The van der Waals surface area contributed by atoms with Crippen molar-refractivity contribution in [3.8, 4) is 0 Å². The van der Waals surface area contributed by atoms with Gasteiger partial charge in [-0.2, -0.15) is 0 Å². The maximum Gasteiger partial charge on any atom is 0.0746 e. The summed E-state index contributed by atoms with van der Waals surface area (Å²) in [7, 11) is 13.0. The lowest BCUT2D eigenvalue weighted by Crippen LogP contribution is -2.55. The topological polar surface area (TPSA) is 0 Å². The fourth-order valence-corrected chi connectivity index (χ4v) is 7.16. The van der Waals surface area contributed by atoms with E-state index in [0.717, 1.165) is 23.7 Å². The molecule has 0 aromatic heterocycles. The van der Waals surface area contributed by atoms with E-state index in [-0.39, 0.29) is 10.7 Å². The quantitative estimate of drug-likeness (QED) is 0.551. The first-order valence-electron chi connectivity index (χ1n) is 10.2. The van der Waals surface area contributed by atoms with Crippen molar-refractivity contribution in [2.45, 2.75) is 97.1 Å². The van der Waals surface area contributed by atoms with Crippen LogP contribution in [0.2, 0.25) is 11.1 Å². The van der Waals surface area contributed by atoms with Gasteiger partial charge in [0.05, 0.1) is 15.7 Å². The molecule has 3 rings (SSSR count). The molecule has 0 amide bonds. The van der Waals surface area contributed by atoms with Gasteiger partial charge in [0.1, 0.15) is 0 Å². The number of hydrogen-bond acceptors (Lipinski definition) is 0. The molecule has 2 heteroatoms. The summed E-state index contributed by atoms with van der Waals surface area (Å²) in [6.07, 6.45) is 10.7. The number of fused-ring (bicyclic) bond motifs is 3. The Hall–Kier alpha value is 0.130. The highest BCUT2D eigenvalue weighted by molar-refractivity contribution is 6.15. The summed E-state index contributed by atoms with van der Waals surface area (Å²) in [5.41, 5.74) is 0.837. The molecule has 0 heterocycles. The van der Waals surface area contributed by atoms with Crippen LogP contribution in [-0.2, 0) is 0 Å². The van der Waals surface area contributed by atoms with Crippen LogP contribution in [0, 0.1) is 34.5 Å². The van der Waals surface area contributed by atoms with Gasteiger partial charge >= 0.3 is 0 Å². The van der Waals surface area contributed by atoms with E-state index in [1.54, 1.807) is 0 Å². The molecule has 3 aliphatic rings. The molecule has 126 valence electrons. The van der Waals surface area contributed by atoms with Crippen molar-refractivity contribution < 1.29 is 0 Å². The standard InChI is InChI=1S/C21H36B2/c1-6-17-16-8-7-14-13-15(22)9-11-20(14,4)18(16)10-12-21(17,5)19(2,3)23/h14-18H,6-13H2,1-5H3. The molecule has 0 N–H and O–H groups in total. The first-order valence-corrected chi connectivity index (χ1v) is 10.2. The molecule has 0 aromatic rings. The Labute approximate surface area is 147 Å². The van der Waals surface area contributed by atoms with Crippen LogP contribution in [0.4, 0.5) is 0 Å². The molecule has 0 aromatic carbocycles. The van der Waals surface area contributed by atoms with Crippen LogP contribution in [0.15, 0.2) is 0 Å². The number of hydrogen-bond donors (Lipinski definition) is 0. The molecule has 7 unspecified atom stereocenters. The monoisotopic (exact) mass is 310 g/mol. The molecule has 3 fully saturated rings. The fourth-order valence-electron chi connectivity index (χ4n) is 7.16. The van der Waals surface area contributed by atoms with Crippen molar-refractivity contribution in [3.63, 3.8) is 0 Å². The van der Waals surface area contributed by atoms with Gasteiger partial charge in [0.25, 0.3) is 0 Å². The maximum absolute atomic E-state index is 6.70. The van der Waals surface area contributed by atoms with E-state index in [1.807, 2.05) is 0 Å². The van der Waals surface area contributed by atoms with Crippen LogP contribution in [0.25, 0.3) is 0 Å². The predicted octanol–water partition coefficient (Wildman–Crippen LogP) is 5.97. The van der Waals surface area contributed by atoms with E-state index in [4.69, 9.17) is 15.7 Å². The van der Waals surface area contributed by atoms with Gasteiger partial charge in [-0.25, -0.2) is 0 Å². The molecule has 7 atom stereocenters. The molecule has 0 saturated heterocycles. The molecule has 3 saturated carbocycles. The van der Waals surface area contributed by atoms with Crippen molar-refractivity contribution in [2.24, 2.45) is 34.5 Å². The van der Waals surface area contributed by atoms with Gasteiger partial charge in [-0.15, -0.1) is 0 Å². The molecule has 0 spiro atoms. The van der Waals surface area contributed by atoms with Gasteiger partial charge < -0.3 is 0 Å². The Morgan fingerprint density at radius 1 is 1.04 bits per heavy atom.